The van der Waals surface area contributed by atoms with Gasteiger partial charge >= 0.3 is 5.97 Å². The highest BCUT2D eigenvalue weighted by Gasteiger charge is 2.29. The fourth-order valence-electron chi connectivity index (χ4n) is 4.67. The molecule has 0 bridgehead atoms. The Morgan fingerprint density at radius 3 is 1.46 bits per heavy atom. The number of nitrogens with one attached hydrogen (secondary N) is 1. The number of benzene rings is 5. The van der Waals surface area contributed by atoms with Crippen LogP contribution in [0.25, 0.3) is 0 Å². The first-order valence-electron chi connectivity index (χ1n) is 14.2. The molecule has 5 rings (SSSR count). The molecule has 0 amide bonds. The van der Waals surface area contributed by atoms with Gasteiger partial charge in [0.25, 0.3) is 0 Å². The fourth-order valence-corrected chi connectivity index (χ4v) is 5.24. The molecule has 5 aromatic rings. The van der Waals surface area contributed by atoms with Crippen molar-refractivity contribution in [2.24, 2.45) is 0 Å². The van der Waals surface area contributed by atoms with E-state index in [0.29, 0.717) is 0 Å². The molecule has 0 fully saturated rings. The lowest BCUT2D eigenvalue weighted by Crippen LogP contribution is -2.17. The molecule has 0 heterocycles. The summed E-state index contributed by atoms with van der Waals surface area (Å²) >= 11 is 0. The van der Waals surface area contributed by atoms with E-state index in [1.807, 2.05) is 91.0 Å². The third-order valence-corrected chi connectivity index (χ3v) is 7.39. The third-order valence-electron chi connectivity index (χ3n) is 6.80. The zero-order chi connectivity index (χ0) is 32.5. The van der Waals surface area contributed by atoms with Crippen LogP contribution in [0.3, 0.4) is 0 Å². The number of carbonyl (C=O) groups is 2. The number of anilines is 1. The number of ketones is 1. The van der Waals surface area contributed by atoms with Crippen LogP contribution in [0.2, 0.25) is 0 Å². The Bertz CT molecular complexity index is 1870. The van der Waals surface area contributed by atoms with Gasteiger partial charge in [-0.15, -0.1) is 0 Å². The van der Waals surface area contributed by atoms with Crippen molar-refractivity contribution in [3.8, 4) is 17.2 Å². The molecule has 0 aromatic heterocycles. The summed E-state index contributed by atoms with van der Waals surface area (Å²) in [6.07, 6.45) is 0.975. The van der Waals surface area contributed by atoms with Crippen LogP contribution in [0.1, 0.15) is 43.0 Å². The van der Waals surface area contributed by atoms with Crippen molar-refractivity contribution < 1.29 is 37.3 Å². The lowest BCUT2D eigenvalue weighted by Gasteiger charge is -2.20. The number of carboxylic acid groups (broad SMARTS) is 1. The van der Waals surface area contributed by atoms with Gasteiger partial charge in [-0.2, -0.15) is 0 Å². The minimum atomic E-state index is -3.83. The van der Waals surface area contributed by atoms with Crippen LogP contribution in [-0.2, 0) is 29.8 Å². The molecule has 0 atom stereocenters. The predicted octanol–water partition coefficient (Wildman–Crippen LogP) is 6.72. The highest BCUT2D eigenvalue weighted by atomic mass is 32.2. The van der Waals surface area contributed by atoms with Crippen LogP contribution >= 0.6 is 0 Å². The molecule has 0 spiro atoms. The molecule has 46 heavy (non-hydrogen) atoms. The van der Waals surface area contributed by atoms with Crippen molar-refractivity contribution in [3.63, 3.8) is 0 Å². The molecule has 9 nitrogen and oxygen atoms in total. The molecule has 2 N–H and O–H groups in total. The first-order chi connectivity index (χ1) is 22.2. The first kappa shape index (κ1) is 31.8. The predicted molar refractivity (Wildman–Crippen MR) is 174 cm³/mol. The van der Waals surface area contributed by atoms with Crippen molar-refractivity contribution in [2.45, 2.75) is 19.8 Å². The van der Waals surface area contributed by atoms with Crippen molar-refractivity contribution in [2.75, 3.05) is 11.0 Å². The normalized spacial score (nSPS) is 11.0. The Balaban J connectivity index is 1.65. The van der Waals surface area contributed by atoms with Gasteiger partial charge in [-0.25, -0.2) is 13.2 Å². The maximum Gasteiger partial charge on any atom is 0.335 e. The van der Waals surface area contributed by atoms with E-state index in [2.05, 4.69) is 4.72 Å². The van der Waals surface area contributed by atoms with Crippen molar-refractivity contribution in [1.29, 1.82) is 0 Å². The average molecular weight is 638 g/mol. The summed E-state index contributed by atoms with van der Waals surface area (Å²) in [5.41, 5.74) is 2.00. The number of hydrogen-bond donors (Lipinski definition) is 2. The van der Waals surface area contributed by atoms with E-state index < -0.39 is 21.8 Å². The SMILES string of the molecule is CS(=O)(=O)Nc1cccc(OCc2ccccc2)c1C(=O)c1c(OCc2ccccc2)cc(C(=O)O)cc1OCc1ccccc1. The molecular weight excluding hydrogens is 606 g/mol. The Morgan fingerprint density at radius 2 is 1.04 bits per heavy atom. The zero-order valence-corrected chi connectivity index (χ0v) is 25.7. The minimum Gasteiger partial charge on any atom is -0.488 e. The molecule has 0 saturated carbocycles. The average Bonchev–Trinajstić information content (AvgIpc) is 3.05. The standard InChI is InChI=1S/C36H31NO8S/c1-46(41,42)37-29-18-11-19-30(43-22-25-12-5-2-6-13-25)33(29)35(38)34-31(44-23-26-14-7-3-8-15-26)20-28(36(39)40)21-32(34)45-24-27-16-9-4-10-17-27/h2-21,37H,22-24H2,1H3,(H,39,40). The van der Waals surface area contributed by atoms with Gasteiger partial charge in [0.05, 0.1) is 23.1 Å². The molecule has 234 valence electrons. The van der Waals surface area contributed by atoms with E-state index in [9.17, 15) is 23.1 Å². The summed E-state index contributed by atoms with van der Waals surface area (Å²) in [7, 11) is -3.83. The molecule has 0 unspecified atom stereocenters. The van der Waals surface area contributed by atoms with Crippen molar-refractivity contribution >= 4 is 27.5 Å². The fraction of sp³-hybridized carbons (Fsp3) is 0.111. The summed E-state index contributed by atoms with van der Waals surface area (Å²) in [6.45, 7) is 0.127. The largest absolute Gasteiger partial charge is 0.488 e. The number of hydrogen-bond acceptors (Lipinski definition) is 7. The van der Waals surface area contributed by atoms with Crippen molar-refractivity contribution in [3.05, 3.63) is 155 Å². The molecule has 10 heteroatoms. The quantitative estimate of drug-likeness (QED) is 0.128. The van der Waals surface area contributed by atoms with E-state index >= 15 is 0 Å². The second kappa shape index (κ2) is 14.4. The first-order valence-corrected chi connectivity index (χ1v) is 16.1. The molecule has 0 aliphatic heterocycles. The Morgan fingerprint density at radius 1 is 0.609 bits per heavy atom. The van der Waals surface area contributed by atoms with Crippen LogP contribution in [0.15, 0.2) is 121 Å². The van der Waals surface area contributed by atoms with Gasteiger partial charge in [-0.05, 0) is 41.0 Å². The van der Waals surface area contributed by atoms with Gasteiger partial charge in [0.2, 0.25) is 15.8 Å². The Kier molecular flexibility index (Phi) is 9.99. The molecule has 0 aliphatic carbocycles. The van der Waals surface area contributed by atoms with Crippen LogP contribution < -0.4 is 18.9 Å². The van der Waals surface area contributed by atoms with Crippen LogP contribution in [0.5, 0.6) is 17.2 Å². The third kappa shape index (κ3) is 8.30. The number of carbonyl (C=O) groups excluding carboxylic acids is 1. The Labute approximate surface area is 267 Å². The van der Waals surface area contributed by atoms with Crippen LogP contribution in [0, 0.1) is 0 Å². The molecule has 0 aliphatic rings. The van der Waals surface area contributed by atoms with E-state index in [4.69, 9.17) is 14.2 Å². The summed E-state index contributed by atoms with van der Waals surface area (Å²) in [5, 5.41) is 9.95. The van der Waals surface area contributed by atoms with Gasteiger partial charge < -0.3 is 19.3 Å². The molecule has 0 saturated heterocycles. The highest BCUT2D eigenvalue weighted by Crippen LogP contribution is 2.39. The van der Waals surface area contributed by atoms with Gasteiger partial charge in [-0.1, -0.05) is 97.1 Å². The minimum absolute atomic E-state index is 0.0168. The number of carboxylic acids is 1. The topological polar surface area (TPSA) is 128 Å². The zero-order valence-electron chi connectivity index (χ0n) is 24.9. The maximum absolute atomic E-state index is 14.7. The van der Waals surface area contributed by atoms with E-state index in [-0.39, 0.29) is 59.4 Å². The van der Waals surface area contributed by atoms with E-state index in [1.54, 1.807) is 12.1 Å². The highest BCUT2D eigenvalue weighted by molar-refractivity contribution is 7.92. The van der Waals surface area contributed by atoms with E-state index in [1.165, 1.54) is 18.2 Å². The van der Waals surface area contributed by atoms with Crippen molar-refractivity contribution in [1.82, 2.24) is 0 Å². The summed E-state index contributed by atoms with van der Waals surface area (Å²) in [5.74, 6) is -1.95. The van der Waals surface area contributed by atoms with Gasteiger partial charge in [0.15, 0.2) is 0 Å². The molecule has 0 radical (unpaired) electrons. The summed E-state index contributed by atoms with van der Waals surface area (Å²) in [4.78, 5) is 26.9. The number of rotatable bonds is 14. The summed E-state index contributed by atoms with van der Waals surface area (Å²) in [6, 6.07) is 34.7. The number of ether oxygens (including phenoxy) is 3. The molecule has 5 aromatic carbocycles. The van der Waals surface area contributed by atoms with Gasteiger partial charge in [0, 0.05) is 0 Å². The second-order valence-corrected chi connectivity index (χ2v) is 12.1. The molecular formula is C36H31NO8S. The summed E-state index contributed by atoms with van der Waals surface area (Å²) < 4.78 is 45.5. The second-order valence-electron chi connectivity index (χ2n) is 10.4. The number of sulfonamides is 1. The van der Waals surface area contributed by atoms with Gasteiger partial charge in [-0.3, -0.25) is 9.52 Å². The number of aromatic carboxylic acids is 1. The lowest BCUT2D eigenvalue weighted by molar-refractivity contribution is 0.0695. The smallest absolute Gasteiger partial charge is 0.335 e. The van der Waals surface area contributed by atoms with Crippen LogP contribution in [-0.4, -0.2) is 31.5 Å². The maximum atomic E-state index is 14.7. The lowest BCUT2D eigenvalue weighted by atomic mass is 9.97. The van der Waals surface area contributed by atoms with Gasteiger partial charge in [0.1, 0.15) is 42.6 Å². The Hall–Kier alpha value is -5.61. The monoisotopic (exact) mass is 637 g/mol. The van der Waals surface area contributed by atoms with E-state index in [0.717, 1.165) is 22.9 Å². The van der Waals surface area contributed by atoms with Crippen LogP contribution in [0.4, 0.5) is 5.69 Å².